The van der Waals surface area contributed by atoms with Crippen molar-refractivity contribution in [1.29, 1.82) is 5.41 Å². The molecule has 0 radical (unpaired) electrons. The van der Waals surface area contributed by atoms with Crippen molar-refractivity contribution in [2.75, 3.05) is 7.11 Å². The Morgan fingerprint density at radius 3 is 1.90 bits per heavy atom. The van der Waals surface area contributed by atoms with Crippen molar-refractivity contribution in [2.24, 2.45) is 11.5 Å². The Morgan fingerprint density at radius 2 is 1.38 bits per heavy atom. The third-order valence-corrected chi connectivity index (χ3v) is 6.68. The first-order chi connectivity index (χ1) is 18.9. The predicted molar refractivity (Wildman–Crippen MR) is 152 cm³/mol. The molecule has 4 aromatic rings. The second-order valence-electron chi connectivity index (χ2n) is 9.30. The monoisotopic (exact) mass is 520 g/mol. The van der Waals surface area contributed by atoms with Crippen LogP contribution in [0.25, 0.3) is 0 Å². The van der Waals surface area contributed by atoms with Crippen LogP contribution in [0.15, 0.2) is 109 Å². The summed E-state index contributed by atoms with van der Waals surface area (Å²) >= 11 is 0. The molecule has 0 spiro atoms. The van der Waals surface area contributed by atoms with Gasteiger partial charge in [0.2, 0.25) is 11.8 Å². The van der Waals surface area contributed by atoms with E-state index in [1.165, 1.54) is 0 Å². The zero-order valence-electron chi connectivity index (χ0n) is 21.8. The topological polar surface area (TPSA) is 122 Å². The standard InChI is InChI=1S/C32H32N4O3/c1-39-27-17-15-22(16-18-27)21-36(28(31(35)37)20-23-9-8-14-26(19-23)30(33)34)32(38)29(24-10-4-2-5-11-24)25-12-6-3-7-13-25/h2-19,28-29H,20-21H2,1H3,(H3,33,34)(H2,35,37)/t28-/m0/s1. The van der Waals surface area contributed by atoms with Crippen LogP contribution in [-0.2, 0) is 22.6 Å². The zero-order valence-corrected chi connectivity index (χ0v) is 21.8. The molecule has 198 valence electrons. The van der Waals surface area contributed by atoms with Crippen LogP contribution in [0.2, 0.25) is 0 Å². The molecule has 0 aromatic heterocycles. The predicted octanol–water partition coefficient (Wildman–Crippen LogP) is 4.24. The van der Waals surface area contributed by atoms with E-state index in [2.05, 4.69) is 0 Å². The van der Waals surface area contributed by atoms with Gasteiger partial charge in [0.25, 0.3) is 0 Å². The number of hydrogen-bond donors (Lipinski definition) is 3. The molecule has 4 aromatic carbocycles. The molecule has 0 aliphatic heterocycles. The van der Waals surface area contributed by atoms with Gasteiger partial charge in [-0.2, -0.15) is 0 Å². The molecule has 7 heteroatoms. The first-order valence-electron chi connectivity index (χ1n) is 12.6. The number of benzene rings is 4. The fourth-order valence-corrected chi connectivity index (χ4v) is 4.66. The lowest BCUT2D eigenvalue weighted by molar-refractivity contribution is -0.140. The van der Waals surface area contributed by atoms with Crippen molar-refractivity contribution in [3.8, 4) is 5.75 Å². The molecule has 4 rings (SSSR count). The normalized spacial score (nSPS) is 11.5. The number of hydrogen-bond acceptors (Lipinski definition) is 4. The third-order valence-electron chi connectivity index (χ3n) is 6.68. The first-order valence-corrected chi connectivity index (χ1v) is 12.6. The van der Waals surface area contributed by atoms with Crippen molar-refractivity contribution in [3.63, 3.8) is 0 Å². The van der Waals surface area contributed by atoms with Crippen LogP contribution in [0, 0.1) is 5.41 Å². The van der Waals surface area contributed by atoms with Gasteiger partial charge in [0, 0.05) is 18.5 Å². The maximum atomic E-state index is 14.5. The molecule has 0 fully saturated rings. The largest absolute Gasteiger partial charge is 0.497 e. The highest BCUT2D eigenvalue weighted by Gasteiger charge is 2.34. The highest BCUT2D eigenvalue weighted by molar-refractivity contribution is 5.95. The summed E-state index contributed by atoms with van der Waals surface area (Å²) in [6.07, 6.45) is 0.175. The summed E-state index contributed by atoms with van der Waals surface area (Å²) in [5.74, 6) is -0.891. The summed E-state index contributed by atoms with van der Waals surface area (Å²) in [5, 5.41) is 7.79. The SMILES string of the molecule is COc1ccc(CN(C(=O)C(c2ccccc2)c2ccccc2)[C@@H](Cc2cccc(C(=N)N)c2)C(N)=O)cc1. The van der Waals surface area contributed by atoms with Gasteiger partial charge in [0.15, 0.2) is 0 Å². The van der Waals surface area contributed by atoms with Crippen LogP contribution in [-0.4, -0.2) is 35.7 Å². The van der Waals surface area contributed by atoms with Crippen LogP contribution in [0.5, 0.6) is 5.75 Å². The van der Waals surface area contributed by atoms with E-state index in [1.54, 1.807) is 30.2 Å². The Hall–Kier alpha value is -4.91. The lowest BCUT2D eigenvalue weighted by Gasteiger charge is -2.33. The van der Waals surface area contributed by atoms with Gasteiger partial charge in [-0.15, -0.1) is 0 Å². The lowest BCUT2D eigenvalue weighted by atomic mass is 9.88. The number of nitrogens with one attached hydrogen (secondary N) is 1. The van der Waals surface area contributed by atoms with E-state index in [9.17, 15) is 9.59 Å². The van der Waals surface area contributed by atoms with E-state index in [0.29, 0.717) is 11.3 Å². The number of rotatable bonds is 11. The Balaban J connectivity index is 1.79. The number of nitrogen functional groups attached to an aromatic ring is 1. The number of methoxy groups -OCH3 is 1. The summed E-state index contributed by atoms with van der Waals surface area (Å²) in [5.41, 5.74) is 15.4. The van der Waals surface area contributed by atoms with E-state index in [1.807, 2.05) is 91.0 Å². The Morgan fingerprint density at radius 1 is 0.795 bits per heavy atom. The molecule has 0 heterocycles. The highest BCUT2D eigenvalue weighted by atomic mass is 16.5. The molecule has 7 nitrogen and oxygen atoms in total. The Labute approximate surface area is 228 Å². The third kappa shape index (κ3) is 6.70. The summed E-state index contributed by atoms with van der Waals surface area (Å²) in [6, 6.07) is 32.6. The minimum Gasteiger partial charge on any atom is -0.497 e. The fourth-order valence-electron chi connectivity index (χ4n) is 4.66. The minimum absolute atomic E-state index is 0.0770. The fraction of sp³-hybridized carbons (Fsp3) is 0.156. The number of amides is 2. The van der Waals surface area contributed by atoms with Crippen molar-refractivity contribution in [1.82, 2.24) is 4.90 Å². The van der Waals surface area contributed by atoms with Crippen molar-refractivity contribution in [3.05, 3.63) is 137 Å². The maximum Gasteiger partial charge on any atom is 0.240 e. The molecule has 0 saturated heterocycles. The molecular weight excluding hydrogens is 488 g/mol. The van der Waals surface area contributed by atoms with Crippen molar-refractivity contribution < 1.29 is 14.3 Å². The van der Waals surface area contributed by atoms with Crippen LogP contribution in [0.1, 0.15) is 33.7 Å². The molecule has 2 amide bonds. The average molecular weight is 521 g/mol. The van der Waals surface area contributed by atoms with Gasteiger partial charge < -0.3 is 21.1 Å². The van der Waals surface area contributed by atoms with Gasteiger partial charge in [0.1, 0.15) is 17.6 Å². The number of carbonyl (C=O) groups is 2. The van der Waals surface area contributed by atoms with E-state index in [4.69, 9.17) is 21.6 Å². The van der Waals surface area contributed by atoms with Gasteiger partial charge in [-0.25, -0.2) is 0 Å². The summed E-state index contributed by atoms with van der Waals surface area (Å²) in [6.45, 7) is 0.166. The van der Waals surface area contributed by atoms with Crippen molar-refractivity contribution >= 4 is 17.6 Å². The van der Waals surface area contributed by atoms with Gasteiger partial charge in [0.05, 0.1) is 13.0 Å². The zero-order chi connectivity index (χ0) is 27.8. The summed E-state index contributed by atoms with van der Waals surface area (Å²) < 4.78 is 5.29. The smallest absolute Gasteiger partial charge is 0.240 e. The Kier molecular flexibility index (Phi) is 8.74. The van der Waals surface area contributed by atoms with E-state index >= 15 is 0 Å². The lowest BCUT2D eigenvalue weighted by Crippen LogP contribution is -2.50. The second kappa shape index (κ2) is 12.6. The van der Waals surface area contributed by atoms with E-state index in [0.717, 1.165) is 22.3 Å². The molecule has 0 aliphatic rings. The van der Waals surface area contributed by atoms with Gasteiger partial charge in [-0.05, 0) is 40.5 Å². The van der Waals surface area contributed by atoms with Crippen LogP contribution in [0.4, 0.5) is 0 Å². The number of nitrogens with two attached hydrogens (primary N) is 2. The number of primary amides is 1. The number of nitrogens with zero attached hydrogens (tertiary/aromatic N) is 1. The van der Waals surface area contributed by atoms with Crippen LogP contribution >= 0.6 is 0 Å². The summed E-state index contributed by atoms with van der Waals surface area (Å²) in [4.78, 5) is 29.1. The number of ether oxygens (including phenoxy) is 1. The minimum atomic E-state index is -0.947. The number of amidine groups is 1. The summed E-state index contributed by atoms with van der Waals surface area (Å²) in [7, 11) is 1.59. The molecule has 39 heavy (non-hydrogen) atoms. The maximum absolute atomic E-state index is 14.5. The Bertz CT molecular complexity index is 1380. The molecule has 0 unspecified atom stereocenters. The molecule has 1 atom stereocenters. The highest BCUT2D eigenvalue weighted by Crippen LogP contribution is 2.29. The van der Waals surface area contributed by atoms with E-state index in [-0.39, 0.29) is 24.7 Å². The second-order valence-corrected chi connectivity index (χ2v) is 9.30. The molecule has 0 aliphatic carbocycles. The van der Waals surface area contributed by atoms with Crippen LogP contribution in [0.3, 0.4) is 0 Å². The van der Waals surface area contributed by atoms with Gasteiger partial charge >= 0.3 is 0 Å². The molecule has 0 bridgehead atoms. The van der Waals surface area contributed by atoms with Crippen molar-refractivity contribution in [2.45, 2.75) is 24.9 Å². The molecule has 0 saturated carbocycles. The average Bonchev–Trinajstić information content (AvgIpc) is 2.96. The van der Waals surface area contributed by atoms with E-state index < -0.39 is 17.9 Å². The van der Waals surface area contributed by atoms with Gasteiger partial charge in [-0.1, -0.05) is 91.0 Å². The van der Waals surface area contributed by atoms with Gasteiger partial charge in [-0.3, -0.25) is 15.0 Å². The first kappa shape index (κ1) is 27.1. The van der Waals surface area contributed by atoms with Crippen LogP contribution < -0.4 is 16.2 Å². The number of carbonyl (C=O) groups excluding carboxylic acids is 2. The quantitative estimate of drug-likeness (QED) is 0.202. The molecule has 5 N–H and O–H groups in total. The molecular formula is C32H32N4O3.